The van der Waals surface area contributed by atoms with Gasteiger partial charge in [-0.05, 0) is 36.0 Å². The highest BCUT2D eigenvalue weighted by molar-refractivity contribution is 6.52. The van der Waals surface area contributed by atoms with Crippen molar-refractivity contribution in [3.8, 4) is 0 Å². The molecule has 2 fully saturated rings. The highest BCUT2D eigenvalue weighted by atomic mass is 27.2. The predicted molar refractivity (Wildman–Crippen MR) is 89.1 cm³/mol. The van der Waals surface area contributed by atoms with E-state index in [0.717, 1.165) is 17.8 Å². The minimum atomic E-state index is -1.04. The Kier molecular flexibility index (Phi) is 5.01. The summed E-state index contributed by atoms with van der Waals surface area (Å²) in [6.45, 7) is 16.9. The zero-order chi connectivity index (χ0) is 15.1. The second kappa shape index (κ2) is 5.94. The van der Waals surface area contributed by atoms with Gasteiger partial charge in [0.05, 0.1) is 0 Å². The first-order chi connectivity index (χ1) is 9.16. The molecule has 0 N–H and O–H groups in total. The maximum atomic E-state index is 6.84. The van der Waals surface area contributed by atoms with E-state index in [-0.39, 0.29) is 0 Å². The molecule has 0 amide bonds. The fourth-order valence-electron chi connectivity index (χ4n) is 4.83. The van der Waals surface area contributed by atoms with Crippen molar-refractivity contribution in [1.82, 2.24) is 0 Å². The van der Waals surface area contributed by atoms with E-state index in [0.29, 0.717) is 16.9 Å². The van der Waals surface area contributed by atoms with Crippen molar-refractivity contribution in [3.05, 3.63) is 0 Å². The molecule has 0 aromatic heterocycles. The molecule has 0 aromatic rings. The zero-order valence-electron chi connectivity index (χ0n) is 14.8. The fraction of sp³-hybridized carbons (Fsp3) is 1.00. The van der Waals surface area contributed by atoms with Crippen LogP contribution in [0.5, 0.6) is 0 Å². The van der Waals surface area contributed by atoms with E-state index in [2.05, 4.69) is 48.5 Å². The molecule has 3 atom stereocenters. The van der Waals surface area contributed by atoms with E-state index in [1.807, 2.05) is 0 Å². The van der Waals surface area contributed by atoms with Crippen LogP contribution in [0.15, 0.2) is 0 Å². The molecule has 0 saturated heterocycles. The van der Waals surface area contributed by atoms with E-state index in [4.69, 9.17) is 3.79 Å². The third kappa shape index (κ3) is 2.99. The fourth-order valence-corrected chi connectivity index (χ4v) is 8.22. The zero-order valence-corrected chi connectivity index (χ0v) is 16.0. The van der Waals surface area contributed by atoms with Gasteiger partial charge in [0.2, 0.25) is 0 Å². The van der Waals surface area contributed by atoms with Crippen LogP contribution in [0, 0.1) is 28.6 Å². The van der Waals surface area contributed by atoms with Gasteiger partial charge in [-0.25, -0.2) is 0 Å². The van der Waals surface area contributed by atoms with E-state index in [1.54, 1.807) is 0 Å². The Labute approximate surface area is 131 Å². The molecule has 0 aromatic carbocycles. The number of fused-ring (bicyclic) bond motifs is 2. The van der Waals surface area contributed by atoms with Crippen molar-refractivity contribution in [2.24, 2.45) is 28.6 Å². The number of rotatable bonds is 6. The third-order valence-corrected chi connectivity index (χ3v) is 10.2. The Bertz CT molecular complexity index is 326. The molecular formula is C18H35AlO. The smallest absolute Gasteiger partial charge is 0.461 e. The Balaban J connectivity index is 2.04. The van der Waals surface area contributed by atoms with Crippen molar-refractivity contribution >= 4 is 14.5 Å². The Morgan fingerprint density at radius 1 is 1.05 bits per heavy atom. The Hall–Kier alpha value is 0.492. The van der Waals surface area contributed by atoms with Crippen LogP contribution in [-0.4, -0.2) is 20.6 Å². The summed E-state index contributed by atoms with van der Waals surface area (Å²) in [7, 11) is 0. The van der Waals surface area contributed by atoms with Crippen molar-refractivity contribution in [3.63, 3.8) is 0 Å². The van der Waals surface area contributed by atoms with Gasteiger partial charge in [-0.15, -0.1) is 0 Å². The van der Waals surface area contributed by atoms with Crippen LogP contribution in [0.25, 0.3) is 0 Å². The van der Waals surface area contributed by atoms with Crippen LogP contribution in [0.3, 0.4) is 0 Å². The molecule has 1 nitrogen and oxygen atoms in total. The molecule has 2 rings (SSSR count). The molecule has 0 heterocycles. The van der Waals surface area contributed by atoms with Gasteiger partial charge in [-0.2, -0.15) is 0 Å². The van der Waals surface area contributed by atoms with Crippen molar-refractivity contribution in [2.45, 2.75) is 84.4 Å². The van der Waals surface area contributed by atoms with Crippen LogP contribution in [0.1, 0.15) is 67.7 Å². The molecule has 116 valence electrons. The molecule has 0 aliphatic heterocycles. The molecule has 2 saturated carbocycles. The van der Waals surface area contributed by atoms with Crippen molar-refractivity contribution in [2.75, 3.05) is 0 Å². The highest BCUT2D eigenvalue weighted by Crippen LogP contribution is 2.66. The van der Waals surface area contributed by atoms with Crippen LogP contribution in [0.4, 0.5) is 0 Å². The summed E-state index contributed by atoms with van der Waals surface area (Å²) in [5, 5.41) is 2.71. The molecule has 2 heteroatoms. The monoisotopic (exact) mass is 294 g/mol. The van der Waals surface area contributed by atoms with Gasteiger partial charge in [0.1, 0.15) is 0 Å². The molecule has 0 spiro atoms. The summed E-state index contributed by atoms with van der Waals surface area (Å²) in [6.07, 6.45) is 4.72. The SMILES string of the molecule is CC(C)[CH2][Al]([CH2]C(C)C)[O][C@H]1C[C@@H]2CC[C@@]1(C)C2(C)C. The lowest BCUT2D eigenvalue weighted by atomic mass is 9.70. The normalized spacial score (nSPS) is 35.2. The van der Waals surface area contributed by atoms with E-state index in [1.165, 1.54) is 29.8 Å². The van der Waals surface area contributed by atoms with Crippen LogP contribution >= 0.6 is 0 Å². The predicted octanol–water partition coefficient (Wildman–Crippen LogP) is 5.52. The van der Waals surface area contributed by atoms with E-state index >= 15 is 0 Å². The minimum Gasteiger partial charge on any atom is -0.498 e. The average molecular weight is 294 g/mol. The first-order valence-corrected chi connectivity index (χ1v) is 10.9. The van der Waals surface area contributed by atoms with Gasteiger partial charge < -0.3 is 3.79 Å². The van der Waals surface area contributed by atoms with Gasteiger partial charge in [-0.3, -0.25) is 0 Å². The summed E-state index contributed by atoms with van der Waals surface area (Å²) in [6, 6.07) is 0. The van der Waals surface area contributed by atoms with E-state index < -0.39 is 14.5 Å². The lowest BCUT2D eigenvalue weighted by molar-refractivity contribution is 0.0269. The quantitative estimate of drug-likeness (QED) is 0.586. The lowest BCUT2D eigenvalue weighted by Gasteiger charge is -2.41. The van der Waals surface area contributed by atoms with Crippen LogP contribution in [-0.2, 0) is 3.79 Å². The molecule has 0 radical (unpaired) electrons. The first-order valence-electron chi connectivity index (χ1n) is 8.82. The first kappa shape index (κ1) is 16.9. The minimum absolute atomic E-state index is 0.441. The van der Waals surface area contributed by atoms with Crippen molar-refractivity contribution < 1.29 is 3.79 Å². The van der Waals surface area contributed by atoms with Gasteiger partial charge in [0.25, 0.3) is 0 Å². The molecule has 2 aliphatic rings. The number of hydrogen-bond acceptors (Lipinski definition) is 1. The summed E-state index contributed by atoms with van der Waals surface area (Å²) in [4.78, 5) is 0. The number of hydrogen-bond donors (Lipinski definition) is 0. The summed E-state index contributed by atoms with van der Waals surface area (Å²) >= 11 is -1.04. The van der Waals surface area contributed by atoms with Gasteiger partial charge in [-0.1, -0.05) is 70.9 Å². The average Bonchev–Trinajstić information content (AvgIpc) is 2.60. The molecule has 0 unspecified atom stereocenters. The molecular weight excluding hydrogens is 259 g/mol. The largest absolute Gasteiger partial charge is 0.498 e. The summed E-state index contributed by atoms with van der Waals surface area (Å²) in [5.74, 6) is 2.50. The summed E-state index contributed by atoms with van der Waals surface area (Å²) < 4.78 is 6.84. The third-order valence-electron chi connectivity index (χ3n) is 6.54. The Morgan fingerprint density at radius 2 is 1.60 bits per heavy atom. The topological polar surface area (TPSA) is 9.23 Å². The van der Waals surface area contributed by atoms with E-state index in [9.17, 15) is 0 Å². The lowest BCUT2D eigenvalue weighted by Crippen LogP contribution is -2.41. The van der Waals surface area contributed by atoms with Gasteiger partial charge in [0.15, 0.2) is 0 Å². The van der Waals surface area contributed by atoms with Crippen LogP contribution in [0.2, 0.25) is 10.6 Å². The van der Waals surface area contributed by atoms with Crippen LogP contribution < -0.4 is 0 Å². The van der Waals surface area contributed by atoms with Gasteiger partial charge >= 0.3 is 14.5 Å². The van der Waals surface area contributed by atoms with Gasteiger partial charge in [0, 0.05) is 6.10 Å². The molecule has 2 bridgehead atoms. The maximum Gasteiger partial charge on any atom is 0.461 e. The highest BCUT2D eigenvalue weighted by Gasteiger charge is 2.61. The molecule has 2 aliphatic carbocycles. The Morgan fingerprint density at radius 3 is 1.95 bits per heavy atom. The second-order valence-electron chi connectivity index (χ2n) is 9.12. The molecule has 20 heavy (non-hydrogen) atoms. The maximum absolute atomic E-state index is 6.84. The summed E-state index contributed by atoms with van der Waals surface area (Å²) in [5.41, 5.74) is 0.934. The standard InChI is InChI=1S/C10H17O.2C4H9.Al/c1-9(2)7-4-5-10(9,3)8(11)6-7;2*1-4(2)3;/h7-8H,4-6H2,1-3H3;2*4H,1H2,2-3H3;/q-1;;;+1/t7-,8-,10+;;;/m0.../s1. The van der Waals surface area contributed by atoms with Crippen molar-refractivity contribution in [1.29, 1.82) is 0 Å². The second-order valence-corrected chi connectivity index (χ2v) is 11.6.